The number of para-hydroxylation sites is 2. The maximum absolute atomic E-state index is 13.5. The van der Waals surface area contributed by atoms with Crippen LogP contribution in [0.4, 0.5) is 10.1 Å². The van der Waals surface area contributed by atoms with Crippen LogP contribution in [0.3, 0.4) is 0 Å². The van der Waals surface area contributed by atoms with Gasteiger partial charge in [0.1, 0.15) is 11.6 Å². The van der Waals surface area contributed by atoms with E-state index < -0.39 is 0 Å². The lowest BCUT2D eigenvalue weighted by atomic mass is 10.2. The number of rotatable bonds is 8. The fourth-order valence-electron chi connectivity index (χ4n) is 2.76. The first-order chi connectivity index (χ1) is 13.1. The van der Waals surface area contributed by atoms with Crippen molar-refractivity contribution >= 4 is 29.3 Å². The number of halogens is 1. The molecule has 0 spiro atoms. The maximum atomic E-state index is 13.5. The van der Waals surface area contributed by atoms with Crippen LogP contribution < -0.4 is 15.0 Å². The molecule has 1 N–H and O–H groups in total. The Kier molecular flexibility index (Phi) is 6.70. The molecule has 0 saturated carbocycles. The highest BCUT2D eigenvalue weighted by molar-refractivity contribution is 7.98. The number of hydrogen-bond acceptors (Lipinski definition) is 4. The predicted molar refractivity (Wildman–Crippen MR) is 104 cm³/mol. The standard InChI is InChI=1S/C20H21FN2O3S/c21-16-6-2-1-5-15(16)14-27-12-10-22-19(24)9-11-23-17-7-3-4-8-18(17)26-13-20(23)25/h1-8H,9-14H2,(H,22,24). The summed E-state index contributed by atoms with van der Waals surface area (Å²) < 4.78 is 18.9. The van der Waals surface area contributed by atoms with E-state index in [4.69, 9.17) is 4.74 Å². The van der Waals surface area contributed by atoms with Crippen LogP contribution in [0.15, 0.2) is 48.5 Å². The molecular formula is C20H21FN2O3S. The minimum atomic E-state index is -0.204. The van der Waals surface area contributed by atoms with Gasteiger partial charge in [-0.3, -0.25) is 9.59 Å². The van der Waals surface area contributed by atoms with Gasteiger partial charge in [-0.25, -0.2) is 4.39 Å². The van der Waals surface area contributed by atoms with Gasteiger partial charge in [0, 0.05) is 31.0 Å². The molecule has 0 radical (unpaired) electrons. The zero-order chi connectivity index (χ0) is 19.1. The first-order valence-electron chi connectivity index (χ1n) is 8.75. The Morgan fingerprint density at radius 2 is 1.96 bits per heavy atom. The number of amides is 2. The Labute approximate surface area is 161 Å². The number of nitrogens with zero attached hydrogens (tertiary/aromatic N) is 1. The molecule has 0 unspecified atom stereocenters. The van der Waals surface area contributed by atoms with E-state index in [-0.39, 0.29) is 30.7 Å². The van der Waals surface area contributed by atoms with Gasteiger partial charge < -0.3 is 15.0 Å². The molecule has 142 valence electrons. The number of carbonyl (C=O) groups is 2. The number of fused-ring (bicyclic) bond motifs is 1. The Morgan fingerprint density at radius 1 is 1.19 bits per heavy atom. The van der Waals surface area contributed by atoms with Crippen molar-refractivity contribution in [2.24, 2.45) is 0 Å². The molecule has 2 aromatic carbocycles. The average Bonchev–Trinajstić information content (AvgIpc) is 2.68. The third-order valence-electron chi connectivity index (χ3n) is 4.15. The van der Waals surface area contributed by atoms with Crippen molar-refractivity contribution in [3.05, 3.63) is 59.9 Å². The molecule has 1 aliphatic rings. The number of benzene rings is 2. The molecule has 1 aliphatic heterocycles. The number of anilines is 1. The molecule has 2 amide bonds. The van der Waals surface area contributed by atoms with Crippen LogP contribution >= 0.6 is 11.8 Å². The summed E-state index contributed by atoms with van der Waals surface area (Å²) in [7, 11) is 0. The molecule has 0 saturated heterocycles. The third-order valence-corrected chi connectivity index (χ3v) is 5.16. The summed E-state index contributed by atoms with van der Waals surface area (Å²) >= 11 is 1.56. The minimum Gasteiger partial charge on any atom is -0.482 e. The summed E-state index contributed by atoms with van der Waals surface area (Å²) in [5.41, 5.74) is 1.36. The lowest BCUT2D eigenvalue weighted by Gasteiger charge is -2.29. The van der Waals surface area contributed by atoms with Crippen LogP contribution in [-0.2, 0) is 15.3 Å². The number of carbonyl (C=O) groups excluding carboxylic acids is 2. The molecule has 2 aromatic rings. The van der Waals surface area contributed by atoms with E-state index in [1.165, 1.54) is 6.07 Å². The van der Waals surface area contributed by atoms with Gasteiger partial charge in [-0.15, -0.1) is 0 Å². The molecule has 0 aromatic heterocycles. The first kappa shape index (κ1) is 19.2. The quantitative estimate of drug-likeness (QED) is 0.707. The molecule has 0 aliphatic carbocycles. The second-order valence-corrected chi connectivity index (χ2v) is 7.15. The average molecular weight is 388 g/mol. The van der Waals surface area contributed by atoms with Gasteiger partial charge in [-0.2, -0.15) is 11.8 Å². The summed E-state index contributed by atoms with van der Waals surface area (Å²) in [4.78, 5) is 25.7. The zero-order valence-electron chi connectivity index (χ0n) is 14.8. The Bertz CT molecular complexity index is 815. The maximum Gasteiger partial charge on any atom is 0.265 e. The van der Waals surface area contributed by atoms with Crippen LogP contribution in [0.2, 0.25) is 0 Å². The topological polar surface area (TPSA) is 58.6 Å². The van der Waals surface area contributed by atoms with E-state index >= 15 is 0 Å². The highest BCUT2D eigenvalue weighted by Gasteiger charge is 2.25. The highest BCUT2D eigenvalue weighted by atomic mass is 32.2. The molecular weight excluding hydrogens is 367 g/mol. The molecule has 0 fully saturated rings. The number of nitrogens with one attached hydrogen (secondary N) is 1. The molecule has 1 heterocycles. The van der Waals surface area contributed by atoms with Crippen LogP contribution in [-0.4, -0.2) is 37.3 Å². The van der Waals surface area contributed by atoms with Gasteiger partial charge in [0.2, 0.25) is 5.91 Å². The van der Waals surface area contributed by atoms with Gasteiger partial charge in [0.25, 0.3) is 5.91 Å². The van der Waals surface area contributed by atoms with Crippen molar-refractivity contribution in [1.29, 1.82) is 0 Å². The molecule has 3 rings (SSSR count). The van der Waals surface area contributed by atoms with E-state index in [2.05, 4.69) is 5.32 Å². The molecule has 0 bridgehead atoms. The van der Waals surface area contributed by atoms with Gasteiger partial charge in [0.05, 0.1) is 5.69 Å². The van der Waals surface area contributed by atoms with Crippen molar-refractivity contribution in [3.63, 3.8) is 0 Å². The fourth-order valence-corrected chi connectivity index (χ4v) is 3.61. The summed E-state index contributed by atoms with van der Waals surface area (Å²) in [5.74, 6) is 1.45. The van der Waals surface area contributed by atoms with Crippen molar-refractivity contribution in [2.75, 3.05) is 30.3 Å². The summed E-state index contributed by atoms with van der Waals surface area (Å²) in [6, 6.07) is 14.0. The van der Waals surface area contributed by atoms with Crippen LogP contribution in [0, 0.1) is 5.82 Å². The lowest BCUT2D eigenvalue weighted by molar-refractivity contribution is -0.122. The smallest absolute Gasteiger partial charge is 0.265 e. The molecule has 0 atom stereocenters. The second-order valence-electron chi connectivity index (χ2n) is 6.05. The van der Waals surface area contributed by atoms with E-state index in [9.17, 15) is 14.0 Å². The highest BCUT2D eigenvalue weighted by Crippen LogP contribution is 2.31. The minimum absolute atomic E-state index is 0.00861. The first-order valence-corrected chi connectivity index (χ1v) is 9.90. The lowest BCUT2D eigenvalue weighted by Crippen LogP contribution is -2.41. The fraction of sp³-hybridized carbons (Fsp3) is 0.300. The zero-order valence-corrected chi connectivity index (χ0v) is 15.6. The molecule has 27 heavy (non-hydrogen) atoms. The molecule has 7 heteroatoms. The van der Waals surface area contributed by atoms with Crippen LogP contribution in [0.25, 0.3) is 0 Å². The SMILES string of the molecule is O=C(CCN1C(=O)COc2ccccc21)NCCSCc1ccccc1F. The summed E-state index contributed by atoms with van der Waals surface area (Å²) in [5, 5.41) is 2.84. The van der Waals surface area contributed by atoms with Gasteiger partial charge >= 0.3 is 0 Å². The Balaban J connectivity index is 1.38. The number of thioether (sulfide) groups is 1. The van der Waals surface area contributed by atoms with E-state index in [0.717, 1.165) is 0 Å². The number of hydrogen-bond donors (Lipinski definition) is 1. The van der Waals surface area contributed by atoms with E-state index in [1.54, 1.807) is 28.8 Å². The third kappa shape index (κ3) is 5.23. The van der Waals surface area contributed by atoms with Crippen molar-refractivity contribution in [2.45, 2.75) is 12.2 Å². The van der Waals surface area contributed by atoms with Crippen molar-refractivity contribution in [3.8, 4) is 5.75 Å². The van der Waals surface area contributed by atoms with Crippen molar-refractivity contribution in [1.82, 2.24) is 5.32 Å². The largest absolute Gasteiger partial charge is 0.482 e. The van der Waals surface area contributed by atoms with E-state index in [0.29, 0.717) is 41.6 Å². The second kappa shape index (κ2) is 9.41. The van der Waals surface area contributed by atoms with Crippen molar-refractivity contribution < 1.29 is 18.7 Å². The summed E-state index contributed by atoms with van der Waals surface area (Å²) in [6.07, 6.45) is 0.220. The number of ether oxygens (including phenoxy) is 1. The van der Waals surface area contributed by atoms with Crippen LogP contribution in [0.1, 0.15) is 12.0 Å². The molecule has 5 nitrogen and oxygen atoms in total. The normalized spacial score (nSPS) is 13.1. The van der Waals surface area contributed by atoms with Crippen LogP contribution in [0.5, 0.6) is 5.75 Å². The monoisotopic (exact) mass is 388 g/mol. The Morgan fingerprint density at radius 3 is 2.81 bits per heavy atom. The summed E-state index contributed by atoms with van der Waals surface area (Å²) in [6.45, 7) is 0.810. The predicted octanol–water partition coefficient (Wildman–Crippen LogP) is 2.99. The van der Waals surface area contributed by atoms with Gasteiger partial charge in [0.15, 0.2) is 6.61 Å². The van der Waals surface area contributed by atoms with Gasteiger partial charge in [-0.1, -0.05) is 30.3 Å². The van der Waals surface area contributed by atoms with E-state index in [1.807, 2.05) is 30.3 Å². The van der Waals surface area contributed by atoms with Gasteiger partial charge in [-0.05, 0) is 23.8 Å². The Hall–Kier alpha value is -2.54.